The third-order valence-electron chi connectivity index (χ3n) is 5.53. The molecule has 1 heterocycles. The zero-order valence-corrected chi connectivity index (χ0v) is 17.3. The van der Waals surface area contributed by atoms with E-state index in [-0.39, 0.29) is 23.2 Å². The van der Waals surface area contributed by atoms with Gasteiger partial charge in [0.15, 0.2) is 0 Å². The standard InChI is InChI=1S/C18H25N3O5S.ClH/c1-26-16(22)11-20-27(24,25)15-7-4-6-14(9-15)21-17(23)18-8-3-2-5-13(18)10-19-12-18;/h4,6-7,9,13,19-20H,2-3,5,8,10-12H2,1H3,(H,21,23);1H/t13-,18+;/m0./s1. The number of sulfonamides is 1. The molecule has 3 N–H and O–H groups in total. The number of methoxy groups -OCH3 is 1. The number of ether oxygens (including phenoxy) is 1. The van der Waals surface area contributed by atoms with Crippen LogP contribution < -0.4 is 15.4 Å². The molecular weight excluding hydrogens is 406 g/mol. The van der Waals surface area contributed by atoms with Gasteiger partial charge >= 0.3 is 5.97 Å². The maximum atomic E-state index is 13.0. The zero-order valence-electron chi connectivity index (χ0n) is 15.7. The largest absolute Gasteiger partial charge is 0.468 e. The molecule has 2 fully saturated rings. The lowest BCUT2D eigenvalue weighted by molar-refractivity contribution is -0.139. The van der Waals surface area contributed by atoms with Crippen LogP contribution in [0.25, 0.3) is 0 Å². The Kier molecular flexibility index (Phi) is 7.44. The van der Waals surface area contributed by atoms with E-state index in [4.69, 9.17) is 0 Å². The van der Waals surface area contributed by atoms with Crippen LogP contribution in [0, 0.1) is 11.3 Å². The molecule has 0 spiro atoms. The lowest BCUT2D eigenvalue weighted by atomic mass is 9.67. The molecule has 1 aliphatic heterocycles. The van der Waals surface area contributed by atoms with Crippen LogP contribution >= 0.6 is 12.4 Å². The van der Waals surface area contributed by atoms with E-state index in [2.05, 4.69) is 20.1 Å². The average Bonchev–Trinajstić information content (AvgIpc) is 3.12. The van der Waals surface area contributed by atoms with Gasteiger partial charge in [0.2, 0.25) is 15.9 Å². The summed E-state index contributed by atoms with van der Waals surface area (Å²) in [7, 11) is -2.70. The van der Waals surface area contributed by atoms with Crippen LogP contribution in [-0.2, 0) is 24.3 Å². The van der Waals surface area contributed by atoms with Gasteiger partial charge in [-0.3, -0.25) is 9.59 Å². The number of rotatable bonds is 6. The van der Waals surface area contributed by atoms with Gasteiger partial charge in [-0.25, -0.2) is 8.42 Å². The Hall–Kier alpha value is -1.68. The monoisotopic (exact) mass is 431 g/mol. The van der Waals surface area contributed by atoms with Crippen molar-refractivity contribution in [3.63, 3.8) is 0 Å². The van der Waals surface area contributed by atoms with Gasteiger partial charge in [0.05, 0.1) is 17.4 Å². The number of hydrogen-bond donors (Lipinski definition) is 3. The number of benzene rings is 1. The summed E-state index contributed by atoms with van der Waals surface area (Å²) in [6, 6.07) is 6.03. The minimum absolute atomic E-state index is 0. The first-order valence-electron chi connectivity index (χ1n) is 9.06. The highest BCUT2D eigenvalue weighted by molar-refractivity contribution is 7.89. The van der Waals surface area contributed by atoms with Crippen LogP contribution in [0.4, 0.5) is 5.69 Å². The molecule has 1 aromatic carbocycles. The molecule has 3 rings (SSSR count). The summed E-state index contributed by atoms with van der Waals surface area (Å²) in [4.78, 5) is 24.2. The van der Waals surface area contributed by atoms with E-state index in [0.717, 1.165) is 32.2 Å². The first-order valence-corrected chi connectivity index (χ1v) is 10.5. The summed E-state index contributed by atoms with van der Waals surface area (Å²) in [5.41, 5.74) is 0.00235. The first kappa shape index (κ1) is 22.6. The Bertz CT molecular complexity index is 832. The molecule has 10 heteroatoms. The van der Waals surface area contributed by atoms with E-state index < -0.39 is 28.0 Å². The lowest BCUT2D eigenvalue weighted by Crippen LogP contribution is -2.44. The molecule has 2 aliphatic rings. The molecule has 1 aromatic rings. The number of esters is 1. The molecule has 0 aromatic heterocycles. The van der Waals surface area contributed by atoms with Crippen molar-refractivity contribution in [2.75, 3.05) is 32.1 Å². The summed E-state index contributed by atoms with van der Waals surface area (Å²) in [5, 5.41) is 6.23. The van der Waals surface area contributed by atoms with Gasteiger partial charge in [0.1, 0.15) is 6.54 Å². The van der Waals surface area contributed by atoms with Crippen LogP contribution in [0.3, 0.4) is 0 Å². The van der Waals surface area contributed by atoms with Crippen molar-refractivity contribution < 1.29 is 22.7 Å². The average molecular weight is 432 g/mol. The summed E-state index contributed by atoms with van der Waals surface area (Å²) in [5.74, 6) is -0.423. The molecular formula is C18H26ClN3O5S. The van der Waals surface area contributed by atoms with Crippen LogP contribution in [0.15, 0.2) is 29.2 Å². The molecule has 1 saturated heterocycles. The number of fused-ring (bicyclic) bond motifs is 1. The van der Waals surface area contributed by atoms with Crippen molar-refractivity contribution in [2.24, 2.45) is 11.3 Å². The van der Waals surface area contributed by atoms with Crippen LogP contribution in [0.2, 0.25) is 0 Å². The minimum atomic E-state index is -3.88. The van der Waals surface area contributed by atoms with E-state index in [1.165, 1.54) is 19.2 Å². The van der Waals surface area contributed by atoms with Crippen molar-refractivity contribution in [1.82, 2.24) is 10.0 Å². The highest BCUT2D eigenvalue weighted by atomic mass is 35.5. The van der Waals surface area contributed by atoms with Gasteiger partial charge in [-0.15, -0.1) is 12.4 Å². The highest BCUT2D eigenvalue weighted by Gasteiger charge is 2.49. The SMILES string of the molecule is COC(=O)CNS(=O)(=O)c1cccc(NC(=O)[C@@]23CCCC[C@H]2CNC3)c1.Cl. The lowest BCUT2D eigenvalue weighted by Gasteiger charge is -2.37. The second-order valence-corrected chi connectivity index (χ2v) is 8.88. The Morgan fingerprint density at radius 3 is 2.86 bits per heavy atom. The van der Waals surface area contributed by atoms with E-state index in [9.17, 15) is 18.0 Å². The van der Waals surface area contributed by atoms with Crippen LogP contribution in [-0.4, -0.2) is 47.0 Å². The Morgan fingerprint density at radius 2 is 2.11 bits per heavy atom. The van der Waals surface area contributed by atoms with Gasteiger partial charge < -0.3 is 15.4 Å². The maximum absolute atomic E-state index is 13.0. The fraction of sp³-hybridized carbons (Fsp3) is 0.556. The Morgan fingerprint density at radius 1 is 1.32 bits per heavy atom. The van der Waals surface area contributed by atoms with Gasteiger partial charge in [-0.05, 0) is 43.5 Å². The van der Waals surface area contributed by atoms with Crippen molar-refractivity contribution >= 4 is 40.0 Å². The summed E-state index contributed by atoms with van der Waals surface area (Å²) in [6.45, 7) is 1.05. The van der Waals surface area contributed by atoms with Crippen molar-refractivity contribution in [1.29, 1.82) is 0 Å². The van der Waals surface area contributed by atoms with Gasteiger partial charge in [-0.2, -0.15) is 4.72 Å². The molecule has 1 saturated carbocycles. The third-order valence-corrected chi connectivity index (χ3v) is 6.93. The van der Waals surface area contributed by atoms with E-state index in [0.29, 0.717) is 18.2 Å². The second-order valence-electron chi connectivity index (χ2n) is 7.11. The van der Waals surface area contributed by atoms with Gasteiger partial charge in [0, 0.05) is 12.2 Å². The summed E-state index contributed by atoms with van der Waals surface area (Å²) in [6.07, 6.45) is 4.04. The van der Waals surface area contributed by atoms with Gasteiger partial charge in [0.25, 0.3) is 0 Å². The fourth-order valence-corrected chi connectivity index (χ4v) is 5.01. The quantitative estimate of drug-likeness (QED) is 0.584. The molecule has 0 unspecified atom stereocenters. The van der Waals surface area contributed by atoms with Crippen LogP contribution in [0.1, 0.15) is 25.7 Å². The summed E-state index contributed by atoms with van der Waals surface area (Å²) < 4.78 is 31.3. The summed E-state index contributed by atoms with van der Waals surface area (Å²) >= 11 is 0. The van der Waals surface area contributed by atoms with E-state index in [1.807, 2.05) is 0 Å². The normalized spacial score (nSPS) is 24.0. The number of amides is 1. The predicted octanol–water partition coefficient (Wildman–Crippen LogP) is 1.28. The number of anilines is 1. The predicted molar refractivity (Wildman–Crippen MR) is 107 cm³/mol. The van der Waals surface area contributed by atoms with E-state index in [1.54, 1.807) is 12.1 Å². The Labute approximate surface area is 171 Å². The van der Waals surface area contributed by atoms with Crippen molar-refractivity contribution in [3.8, 4) is 0 Å². The number of halogens is 1. The number of carbonyl (C=O) groups is 2. The molecule has 8 nitrogen and oxygen atoms in total. The fourth-order valence-electron chi connectivity index (χ4n) is 4.00. The number of nitrogens with one attached hydrogen (secondary N) is 3. The maximum Gasteiger partial charge on any atom is 0.320 e. The minimum Gasteiger partial charge on any atom is -0.468 e. The molecule has 1 amide bonds. The number of carbonyl (C=O) groups excluding carboxylic acids is 2. The van der Waals surface area contributed by atoms with Crippen LogP contribution in [0.5, 0.6) is 0 Å². The zero-order chi connectivity index (χ0) is 19.5. The smallest absolute Gasteiger partial charge is 0.320 e. The highest BCUT2D eigenvalue weighted by Crippen LogP contribution is 2.44. The number of hydrogen-bond acceptors (Lipinski definition) is 6. The van der Waals surface area contributed by atoms with Crippen molar-refractivity contribution in [3.05, 3.63) is 24.3 Å². The topological polar surface area (TPSA) is 114 Å². The Balaban J connectivity index is 0.00000280. The third kappa shape index (κ3) is 4.65. The second kappa shape index (κ2) is 9.21. The molecule has 0 radical (unpaired) electrons. The molecule has 0 bridgehead atoms. The molecule has 2 atom stereocenters. The van der Waals surface area contributed by atoms with E-state index >= 15 is 0 Å². The molecule has 28 heavy (non-hydrogen) atoms. The molecule has 1 aliphatic carbocycles. The van der Waals surface area contributed by atoms with Gasteiger partial charge in [-0.1, -0.05) is 18.9 Å². The van der Waals surface area contributed by atoms with Crippen molar-refractivity contribution in [2.45, 2.75) is 30.6 Å². The molecule has 156 valence electrons. The first-order chi connectivity index (χ1) is 12.9.